The number of aryl methyl sites for hydroxylation is 3. The van der Waals surface area contributed by atoms with E-state index < -0.39 is 31.9 Å². The van der Waals surface area contributed by atoms with Gasteiger partial charge in [-0.05, 0) is 60.9 Å². The fraction of sp³-hybridized carbons (Fsp3) is 0.381. The molecule has 1 aromatic carbocycles. The third kappa shape index (κ3) is 5.05. The minimum atomic E-state index is -4.31. The van der Waals surface area contributed by atoms with E-state index >= 15 is 0 Å². The summed E-state index contributed by atoms with van der Waals surface area (Å²) < 4.78 is 37.5. The van der Waals surface area contributed by atoms with Gasteiger partial charge in [0.1, 0.15) is 27.3 Å². The van der Waals surface area contributed by atoms with Crippen LogP contribution in [0.2, 0.25) is 5.02 Å². The molecule has 34 heavy (non-hydrogen) atoms. The molecule has 0 spiro atoms. The number of thioether (sulfide) groups is 1. The van der Waals surface area contributed by atoms with Gasteiger partial charge in [0, 0.05) is 6.92 Å². The Balaban J connectivity index is 0.00000408. The normalized spacial score (nSPS) is 19.5. The van der Waals surface area contributed by atoms with Gasteiger partial charge in [-0.15, -0.1) is 11.8 Å². The van der Waals surface area contributed by atoms with Crippen LogP contribution in [0, 0.1) is 27.7 Å². The van der Waals surface area contributed by atoms with Gasteiger partial charge in [0.05, 0.1) is 5.91 Å². The third-order valence-electron chi connectivity index (χ3n) is 5.53. The summed E-state index contributed by atoms with van der Waals surface area (Å²) in [7, 11) is -4.31. The van der Waals surface area contributed by atoms with E-state index in [1.165, 1.54) is 18.4 Å². The number of halogens is 1. The average molecular weight is 536 g/mol. The van der Waals surface area contributed by atoms with Gasteiger partial charge in [-0.1, -0.05) is 28.9 Å². The molecule has 1 aliphatic rings. The topological polar surface area (TPSA) is 139 Å². The average Bonchev–Trinajstić information content (AvgIpc) is 3.28. The van der Waals surface area contributed by atoms with E-state index in [1.807, 2.05) is 6.92 Å². The summed E-state index contributed by atoms with van der Waals surface area (Å²) in [6, 6.07) is 1.79. The number of aromatic nitrogens is 1. The summed E-state index contributed by atoms with van der Waals surface area (Å²) in [5, 5.41) is 3.69. The van der Waals surface area contributed by atoms with Gasteiger partial charge in [-0.25, -0.2) is 13.1 Å². The molecule has 1 aromatic heterocycles. The van der Waals surface area contributed by atoms with Crippen molar-refractivity contribution in [3.8, 4) is 0 Å². The fourth-order valence-electron chi connectivity index (χ4n) is 4.05. The Morgan fingerprint density at radius 3 is 2.47 bits per heavy atom. The Morgan fingerprint density at radius 1 is 1.29 bits per heavy atom. The largest absolute Gasteiger partial charge is 1.00 e. The van der Waals surface area contributed by atoms with E-state index in [0.717, 1.165) is 17.3 Å². The van der Waals surface area contributed by atoms with Crippen LogP contribution in [0.25, 0.3) is 5.73 Å². The molecular formula is C21H23ClN3NaO6S2. The number of sulfonamides is 1. The monoisotopic (exact) mass is 535 g/mol. The number of hydrogen-bond acceptors (Lipinski definition) is 8. The van der Waals surface area contributed by atoms with E-state index in [4.69, 9.17) is 26.6 Å². The molecule has 0 fully saturated rings. The predicted molar refractivity (Wildman–Crippen MR) is 126 cm³/mol. The first-order chi connectivity index (χ1) is 15.3. The van der Waals surface area contributed by atoms with Crippen LogP contribution < -0.4 is 34.3 Å². The summed E-state index contributed by atoms with van der Waals surface area (Å²) in [5.41, 5.74) is 11.5. The molecule has 1 amide bonds. The number of ether oxygens (including phenoxy) is 1. The number of carbonyl (C=O) groups excluding carboxylic acids is 2. The molecule has 0 aliphatic carbocycles. The van der Waals surface area contributed by atoms with E-state index in [-0.39, 0.29) is 47.1 Å². The number of benzene rings is 1. The first kappa shape index (κ1) is 28.7. The molecule has 0 saturated heterocycles. The van der Waals surface area contributed by atoms with Crippen molar-refractivity contribution in [1.29, 1.82) is 0 Å². The maximum absolute atomic E-state index is 13.4. The number of anilines is 1. The Kier molecular flexibility index (Phi) is 8.99. The Bertz CT molecular complexity index is 1280. The second-order valence-corrected chi connectivity index (χ2v) is 11.1. The van der Waals surface area contributed by atoms with Crippen molar-refractivity contribution >= 4 is 51.1 Å². The van der Waals surface area contributed by atoms with Gasteiger partial charge < -0.3 is 19.8 Å². The number of nitrogens with zero attached hydrogens (tertiary/aromatic N) is 1. The molecule has 178 valence electrons. The van der Waals surface area contributed by atoms with Gasteiger partial charge in [-0.3, -0.25) is 4.79 Å². The molecule has 9 nitrogen and oxygen atoms in total. The molecule has 2 aromatic rings. The Labute approximate surface area is 229 Å². The maximum Gasteiger partial charge on any atom is 1.00 e. The number of amides is 1. The molecule has 2 N–H and O–H groups in total. The Morgan fingerprint density at radius 2 is 1.94 bits per heavy atom. The van der Waals surface area contributed by atoms with Crippen LogP contribution in [0.4, 0.5) is 5.88 Å². The molecule has 1 aliphatic heterocycles. The zero-order valence-corrected chi connectivity index (χ0v) is 24.0. The van der Waals surface area contributed by atoms with Crippen molar-refractivity contribution in [3.63, 3.8) is 0 Å². The van der Waals surface area contributed by atoms with Crippen LogP contribution in [0.15, 0.2) is 22.1 Å². The van der Waals surface area contributed by atoms with Crippen LogP contribution in [0.1, 0.15) is 40.4 Å². The van der Waals surface area contributed by atoms with Crippen molar-refractivity contribution in [3.05, 3.63) is 61.8 Å². The summed E-state index contributed by atoms with van der Waals surface area (Å²) in [5.74, 6) is -1.82. The number of rotatable bonds is 7. The minimum absolute atomic E-state index is 0. The van der Waals surface area contributed by atoms with Crippen molar-refractivity contribution in [1.82, 2.24) is 5.16 Å². The van der Waals surface area contributed by atoms with E-state index in [0.29, 0.717) is 27.9 Å². The second-order valence-electron chi connectivity index (χ2n) is 7.76. The molecule has 13 heteroatoms. The summed E-state index contributed by atoms with van der Waals surface area (Å²) in [4.78, 5) is 24.3. The van der Waals surface area contributed by atoms with Crippen LogP contribution in [-0.4, -0.2) is 30.7 Å². The molecule has 2 unspecified atom stereocenters. The number of esters is 1. The van der Waals surface area contributed by atoms with Crippen LogP contribution in [0.5, 0.6) is 0 Å². The van der Waals surface area contributed by atoms with Gasteiger partial charge in [-0.2, -0.15) is 0 Å². The number of nitrogens with one attached hydrogen (secondary N) is 2. The quantitative estimate of drug-likeness (QED) is 0.415. The molecule has 2 atom stereocenters. The van der Waals surface area contributed by atoms with Gasteiger partial charge in [0.2, 0.25) is 10.0 Å². The third-order valence-corrected chi connectivity index (χ3v) is 9.08. The molecule has 0 radical (unpaired) electrons. The van der Waals surface area contributed by atoms with E-state index in [2.05, 4.69) is 9.88 Å². The zero-order valence-electron chi connectivity index (χ0n) is 19.6. The van der Waals surface area contributed by atoms with Crippen molar-refractivity contribution in [2.75, 3.05) is 4.72 Å². The Hall–Kier alpha value is -1.50. The molecule has 0 saturated carbocycles. The van der Waals surface area contributed by atoms with Crippen molar-refractivity contribution < 1.29 is 56.8 Å². The van der Waals surface area contributed by atoms with Crippen LogP contribution >= 0.6 is 23.4 Å². The molecular weight excluding hydrogens is 513 g/mol. The first-order valence-corrected chi connectivity index (χ1v) is 12.6. The first-order valence-electron chi connectivity index (χ1n) is 9.80. The van der Waals surface area contributed by atoms with Crippen LogP contribution in [0.3, 0.4) is 0 Å². The van der Waals surface area contributed by atoms with Gasteiger partial charge >= 0.3 is 35.5 Å². The van der Waals surface area contributed by atoms with Gasteiger partial charge in [0.25, 0.3) is 5.88 Å². The number of hydrogen-bond donors (Lipinski definition) is 1. The fourth-order valence-corrected chi connectivity index (χ4v) is 7.54. The van der Waals surface area contributed by atoms with Crippen molar-refractivity contribution in [2.45, 2.75) is 51.2 Å². The summed E-state index contributed by atoms with van der Waals surface area (Å²) in [6.07, 6.45) is 1.36. The van der Waals surface area contributed by atoms with Crippen LogP contribution in [-0.2, 0) is 35.7 Å². The maximum atomic E-state index is 13.4. The molecule has 3 rings (SSSR count). The second kappa shape index (κ2) is 10.6. The predicted octanol–water partition coefficient (Wildman–Crippen LogP) is 1.47. The zero-order chi connectivity index (χ0) is 24.7. The molecule has 0 bridgehead atoms. The summed E-state index contributed by atoms with van der Waals surface area (Å²) in [6.45, 7) is 8.12. The van der Waals surface area contributed by atoms with E-state index in [9.17, 15) is 18.0 Å². The summed E-state index contributed by atoms with van der Waals surface area (Å²) >= 11 is 7.02. The SMILES string of the molecule is CC(=O)OCc1c(C)cc(C)c(C2(C([NH-])=O)SC=CC2S(=O)(=O)Nc2onc(C)c2Cl)c1C.[Na+]. The smallest absolute Gasteiger partial charge is 0.666 e. The van der Waals surface area contributed by atoms with Crippen molar-refractivity contribution in [2.24, 2.45) is 0 Å². The standard InChI is InChI=1S/C21H24ClN3O6S2.Na/c1-10-8-11(2)17(12(3)15(10)9-30-14(5)26)21(20(23)27)16(6-7-32-21)33(28,29)25-19-18(22)13(4)24-31-19;/h6-8,16H,9H2,1-5H3,(H3,23,24,25,27);/q;+1/p-1. The number of carbonyl (C=O) groups is 2. The molecule has 2 heterocycles. The minimum Gasteiger partial charge on any atom is -0.666 e. The van der Waals surface area contributed by atoms with Gasteiger partial charge in [0.15, 0.2) is 0 Å². The van der Waals surface area contributed by atoms with E-state index in [1.54, 1.807) is 26.8 Å².